The highest BCUT2D eigenvalue weighted by Gasteiger charge is 2.09. The van der Waals surface area contributed by atoms with Crippen LogP contribution >= 0.6 is 27.3 Å². The van der Waals surface area contributed by atoms with Gasteiger partial charge in [0.15, 0.2) is 6.61 Å². The maximum atomic E-state index is 12.6. The Morgan fingerprint density at radius 3 is 2.53 bits per heavy atom. The van der Waals surface area contributed by atoms with E-state index in [2.05, 4.69) is 15.9 Å². The van der Waals surface area contributed by atoms with Gasteiger partial charge in [0, 0.05) is 0 Å². The molecule has 1 aromatic heterocycles. The molecule has 0 radical (unpaired) electrons. The molecule has 0 unspecified atom stereocenters. The molecule has 2 rings (SSSR count). The second-order valence-electron chi connectivity index (χ2n) is 3.27. The van der Waals surface area contributed by atoms with Crippen molar-refractivity contribution >= 4 is 33.0 Å². The van der Waals surface area contributed by atoms with Crippen LogP contribution in [0.4, 0.5) is 4.39 Å². The minimum atomic E-state index is -0.328. The fourth-order valence-corrected chi connectivity index (χ4v) is 2.53. The number of carbonyl (C=O) groups is 1. The molecular weight excluding hydrogens is 307 g/mol. The van der Waals surface area contributed by atoms with E-state index >= 15 is 0 Å². The van der Waals surface area contributed by atoms with Crippen molar-refractivity contribution in [1.29, 1.82) is 0 Å². The summed E-state index contributed by atoms with van der Waals surface area (Å²) in [7, 11) is 0. The van der Waals surface area contributed by atoms with E-state index in [9.17, 15) is 9.18 Å². The van der Waals surface area contributed by atoms with Gasteiger partial charge < -0.3 is 4.74 Å². The summed E-state index contributed by atoms with van der Waals surface area (Å²) < 4.78 is 18.8. The molecule has 0 bridgehead atoms. The van der Waals surface area contributed by atoms with Gasteiger partial charge in [0.25, 0.3) is 0 Å². The van der Waals surface area contributed by atoms with E-state index in [1.807, 2.05) is 6.07 Å². The van der Waals surface area contributed by atoms with Gasteiger partial charge in [0.1, 0.15) is 11.6 Å². The number of hydrogen-bond donors (Lipinski definition) is 0. The second kappa shape index (κ2) is 5.42. The number of thiophene rings is 1. The van der Waals surface area contributed by atoms with Crippen molar-refractivity contribution in [2.45, 2.75) is 0 Å². The molecule has 88 valence electrons. The van der Waals surface area contributed by atoms with E-state index in [0.717, 1.165) is 3.79 Å². The number of carbonyl (C=O) groups excluding carboxylic acids is 1. The molecule has 17 heavy (non-hydrogen) atoms. The predicted molar refractivity (Wildman–Crippen MR) is 68.2 cm³/mol. The summed E-state index contributed by atoms with van der Waals surface area (Å²) in [5.41, 5.74) is 0. The maximum Gasteiger partial charge on any atom is 0.210 e. The number of halogens is 2. The van der Waals surface area contributed by atoms with Crippen molar-refractivity contribution in [3.05, 3.63) is 50.9 Å². The van der Waals surface area contributed by atoms with Gasteiger partial charge in [-0.1, -0.05) is 0 Å². The van der Waals surface area contributed by atoms with Crippen molar-refractivity contribution in [3.63, 3.8) is 0 Å². The van der Waals surface area contributed by atoms with E-state index in [1.165, 1.54) is 35.6 Å². The van der Waals surface area contributed by atoms with Crippen molar-refractivity contribution in [2.24, 2.45) is 0 Å². The normalized spacial score (nSPS) is 10.2. The number of benzene rings is 1. The standard InChI is InChI=1S/C12H8BrFO2S/c13-12-6-5-11(17-12)10(15)7-16-9-3-1-8(14)2-4-9/h1-6H,7H2. The summed E-state index contributed by atoms with van der Waals surface area (Å²) in [5, 5.41) is 0. The first kappa shape index (κ1) is 12.3. The number of ketones is 1. The first-order chi connectivity index (χ1) is 8.15. The highest BCUT2D eigenvalue weighted by Crippen LogP contribution is 2.22. The van der Waals surface area contributed by atoms with E-state index in [1.54, 1.807) is 6.07 Å². The number of ether oxygens (including phenoxy) is 1. The molecule has 1 heterocycles. The van der Waals surface area contributed by atoms with E-state index in [0.29, 0.717) is 10.6 Å². The average Bonchev–Trinajstić information content (AvgIpc) is 2.75. The molecule has 0 aliphatic rings. The predicted octanol–water partition coefficient (Wildman–Crippen LogP) is 3.91. The zero-order valence-electron chi connectivity index (χ0n) is 8.65. The minimum Gasteiger partial charge on any atom is -0.485 e. The average molecular weight is 315 g/mol. The topological polar surface area (TPSA) is 26.3 Å². The lowest BCUT2D eigenvalue weighted by Gasteiger charge is -2.03. The quantitative estimate of drug-likeness (QED) is 0.800. The molecule has 1 aromatic carbocycles. The Morgan fingerprint density at radius 2 is 1.94 bits per heavy atom. The zero-order valence-corrected chi connectivity index (χ0v) is 11.1. The van der Waals surface area contributed by atoms with Crippen LogP contribution in [0.5, 0.6) is 5.75 Å². The van der Waals surface area contributed by atoms with Gasteiger partial charge in [0.2, 0.25) is 5.78 Å². The Bertz CT molecular complexity index is 522. The third-order valence-electron chi connectivity index (χ3n) is 2.03. The second-order valence-corrected chi connectivity index (χ2v) is 5.73. The molecule has 0 aliphatic heterocycles. The SMILES string of the molecule is O=C(COc1ccc(F)cc1)c1ccc(Br)s1. The summed E-state index contributed by atoms with van der Waals surface area (Å²) in [6.07, 6.45) is 0. The monoisotopic (exact) mass is 314 g/mol. The third-order valence-corrected chi connectivity index (χ3v) is 3.70. The van der Waals surface area contributed by atoms with Crippen molar-refractivity contribution < 1.29 is 13.9 Å². The molecule has 2 aromatic rings. The van der Waals surface area contributed by atoms with E-state index in [4.69, 9.17) is 4.74 Å². The van der Waals surface area contributed by atoms with Crippen molar-refractivity contribution in [3.8, 4) is 5.75 Å². The Labute approximate surface area is 110 Å². The lowest BCUT2D eigenvalue weighted by Crippen LogP contribution is -2.09. The Morgan fingerprint density at radius 1 is 1.24 bits per heavy atom. The summed E-state index contributed by atoms with van der Waals surface area (Å²) in [5.74, 6) is 0.0614. The summed E-state index contributed by atoms with van der Waals surface area (Å²) >= 11 is 4.65. The van der Waals surface area contributed by atoms with Gasteiger partial charge in [0.05, 0.1) is 8.66 Å². The number of rotatable bonds is 4. The van der Waals surface area contributed by atoms with Gasteiger partial charge >= 0.3 is 0 Å². The van der Waals surface area contributed by atoms with E-state index in [-0.39, 0.29) is 18.2 Å². The van der Waals surface area contributed by atoms with Crippen molar-refractivity contribution in [1.82, 2.24) is 0 Å². The van der Waals surface area contributed by atoms with Crippen LogP contribution in [0.15, 0.2) is 40.2 Å². The van der Waals surface area contributed by atoms with Crippen LogP contribution in [-0.2, 0) is 0 Å². The maximum absolute atomic E-state index is 12.6. The zero-order chi connectivity index (χ0) is 12.3. The van der Waals surface area contributed by atoms with Crippen LogP contribution in [0.1, 0.15) is 9.67 Å². The number of Topliss-reactive ketones (excluding diaryl/α,β-unsaturated/α-hetero) is 1. The fourth-order valence-electron chi connectivity index (χ4n) is 1.21. The van der Waals surface area contributed by atoms with Crippen LogP contribution in [0.2, 0.25) is 0 Å². The third kappa shape index (κ3) is 3.38. The van der Waals surface area contributed by atoms with Crippen LogP contribution < -0.4 is 4.74 Å². The number of hydrogen-bond acceptors (Lipinski definition) is 3. The summed E-state index contributed by atoms with van der Waals surface area (Å²) in [6, 6.07) is 9.13. The largest absolute Gasteiger partial charge is 0.485 e. The summed E-state index contributed by atoms with van der Waals surface area (Å²) in [4.78, 5) is 12.3. The summed E-state index contributed by atoms with van der Waals surface area (Å²) in [6.45, 7) is -0.0431. The van der Waals surface area contributed by atoms with Crippen LogP contribution in [-0.4, -0.2) is 12.4 Å². The van der Waals surface area contributed by atoms with E-state index < -0.39 is 0 Å². The highest BCUT2D eigenvalue weighted by molar-refractivity contribution is 9.11. The molecule has 0 spiro atoms. The first-order valence-corrected chi connectivity index (χ1v) is 6.43. The lowest BCUT2D eigenvalue weighted by atomic mass is 10.3. The fraction of sp³-hybridized carbons (Fsp3) is 0.0833. The van der Waals surface area contributed by atoms with Gasteiger partial charge in [-0.15, -0.1) is 11.3 Å². The van der Waals surface area contributed by atoms with Gasteiger partial charge in [-0.25, -0.2) is 4.39 Å². The molecule has 5 heteroatoms. The molecule has 0 amide bonds. The van der Waals surface area contributed by atoms with Crippen LogP contribution in [0, 0.1) is 5.82 Å². The smallest absolute Gasteiger partial charge is 0.210 e. The lowest BCUT2D eigenvalue weighted by molar-refractivity contribution is 0.0925. The molecule has 0 saturated carbocycles. The Hall–Kier alpha value is -1.20. The first-order valence-electron chi connectivity index (χ1n) is 4.82. The molecule has 0 atom stereocenters. The molecule has 0 N–H and O–H groups in total. The van der Waals surface area contributed by atoms with Gasteiger partial charge in [-0.2, -0.15) is 0 Å². The molecule has 0 fully saturated rings. The van der Waals surface area contributed by atoms with Crippen molar-refractivity contribution in [2.75, 3.05) is 6.61 Å². The van der Waals surface area contributed by atoms with Gasteiger partial charge in [-0.3, -0.25) is 4.79 Å². The molecular formula is C12H8BrFO2S. The molecule has 2 nitrogen and oxygen atoms in total. The molecule has 0 aliphatic carbocycles. The minimum absolute atomic E-state index is 0.0431. The molecule has 0 saturated heterocycles. The van der Waals surface area contributed by atoms with Crippen LogP contribution in [0.3, 0.4) is 0 Å². The Kier molecular flexibility index (Phi) is 3.91. The Balaban J connectivity index is 1.94. The van der Waals surface area contributed by atoms with Crippen LogP contribution in [0.25, 0.3) is 0 Å². The van der Waals surface area contributed by atoms with Gasteiger partial charge in [-0.05, 0) is 52.3 Å². The highest BCUT2D eigenvalue weighted by atomic mass is 79.9.